The zero-order valence-corrected chi connectivity index (χ0v) is 52.6. The van der Waals surface area contributed by atoms with Gasteiger partial charge in [-0.1, -0.05) is 304 Å². The van der Waals surface area contributed by atoms with Gasteiger partial charge in [0.15, 0.2) is 6.10 Å². The van der Waals surface area contributed by atoms with E-state index in [1.807, 2.05) is 6.08 Å². The molecule has 0 N–H and O–H groups in total. The summed E-state index contributed by atoms with van der Waals surface area (Å²) in [5.74, 6) is -0.998. The van der Waals surface area contributed by atoms with E-state index in [-0.39, 0.29) is 31.6 Å². The number of carbonyl (C=O) groups is 3. The van der Waals surface area contributed by atoms with Crippen LogP contribution < -0.4 is 0 Å². The molecular formula is C74H126O6. The Kier molecular flexibility index (Phi) is 64.3. The minimum Gasteiger partial charge on any atom is -0.462 e. The van der Waals surface area contributed by atoms with Crippen molar-refractivity contribution in [3.63, 3.8) is 0 Å². The van der Waals surface area contributed by atoms with Crippen LogP contribution in [0.5, 0.6) is 0 Å². The molecule has 0 aliphatic heterocycles. The molecule has 0 rings (SSSR count). The van der Waals surface area contributed by atoms with E-state index in [9.17, 15) is 14.4 Å². The standard InChI is InChI=1S/C74H126O6/c1-4-7-10-13-16-19-22-24-26-28-30-31-32-33-34-35-36-37-38-39-40-41-42-43-45-46-48-50-52-55-58-61-64-67-73(76)79-70-71(69-78-72(75)66-63-60-57-54-21-18-15-12-9-6-3)80-74(77)68-65-62-59-56-53-51-49-47-44-29-27-25-23-20-17-14-11-8-5-2/h8,11-12,15,17,20,22,24-25,27-28,30,44,47,51,53,59,62,71H,4-7,9-10,13-14,16,18-19,21,23,26,29,31-43,45-46,48-50,52,54-58,60-61,63-70H2,1-3H3/b11-8-,15-12-,20-17-,24-22-,27-25-,30-28-,47-44-,53-51-,62-59-. The first-order chi connectivity index (χ1) is 39.5. The minimum atomic E-state index is -0.822. The quantitative estimate of drug-likeness (QED) is 0.0261. The summed E-state index contributed by atoms with van der Waals surface area (Å²) in [6.45, 7) is 6.41. The van der Waals surface area contributed by atoms with Crippen molar-refractivity contribution in [2.75, 3.05) is 13.2 Å². The lowest BCUT2D eigenvalue weighted by molar-refractivity contribution is -0.166. The molecule has 6 heteroatoms. The summed E-state index contributed by atoms with van der Waals surface area (Å²) >= 11 is 0. The third kappa shape index (κ3) is 64.9. The summed E-state index contributed by atoms with van der Waals surface area (Å²) in [6, 6.07) is 0. The van der Waals surface area contributed by atoms with Gasteiger partial charge < -0.3 is 14.2 Å². The average molecular weight is 1110 g/mol. The smallest absolute Gasteiger partial charge is 0.306 e. The van der Waals surface area contributed by atoms with Crippen LogP contribution in [0.1, 0.15) is 323 Å². The number of unbranched alkanes of at least 4 members (excludes halogenated alkanes) is 32. The van der Waals surface area contributed by atoms with Crippen molar-refractivity contribution in [3.8, 4) is 0 Å². The highest BCUT2D eigenvalue weighted by Crippen LogP contribution is 2.17. The molecule has 1 atom stereocenters. The molecule has 458 valence electrons. The average Bonchev–Trinajstić information content (AvgIpc) is 3.46. The Morgan fingerprint density at radius 1 is 0.263 bits per heavy atom. The second kappa shape index (κ2) is 67.6. The maximum atomic E-state index is 12.8. The molecule has 0 amide bonds. The second-order valence-electron chi connectivity index (χ2n) is 22.3. The summed E-state index contributed by atoms with van der Waals surface area (Å²) in [6.07, 6.45) is 92.9. The molecule has 0 aromatic heterocycles. The predicted molar refractivity (Wildman–Crippen MR) is 348 cm³/mol. The molecule has 0 aromatic carbocycles. The van der Waals surface area contributed by atoms with E-state index >= 15 is 0 Å². The first-order valence-corrected chi connectivity index (χ1v) is 33.9. The van der Waals surface area contributed by atoms with Crippen molar-refractivity contribution in [2.45, 2.75) is 329 Å². The molecule has 80 heavy (non-hydrogen) atoms. The SMILES string of the molecule is CC/C=C\C/C=C\C/C=C\C/C=C\C/C=C\C/C=C\CCC(=O)OC(COC(=O)CCCCCCC/C=C\CCC)COC(=O)CCCCCCCCCCCCCCCCCCCCCCC/C=C\C/C=C\CCCCCCC. The first kappa shape index (κ1) is 76.1. The second-order valence-corrected chi connectivity index (χ2v) is 22.3. The molecular weight excluding hydrogens is 985 g/mol. The Morgan fingerprint density at radius 3 is 0.875 bits per heavy atom. The summed E-state index contributed by atoms with van der Waals surface area (Å²) < 4.78 is 16.8. The zero-order chi connectivity index (χ0) is 57.8. The van der Waals surface area contributed by atoms with Crippen LogP contribution in [0, 0.1) is 0 Å². The van der Waals surface area contributed by atoms with Crippen LogP contribution in [0.2, 0.25) is 0 Å². The van der Waals surface area contributed by atoms with Gasteiger partial charge >= 0.3 is 17.9 Å². The van der Waals surface area contributed by atoms with Gasteiger partial charge in [0, 0.05) is 19.3 Å². The molecule has 0 heterocycles. The van der Waals surface area contributed by atoms with Gasteiger partial charge in [-0.15, -0.1) is 0 Å². The lowest BCUT2D eigenvalue weighted by Gasteiger charge is -2.18. The van der Waals surface area contributed by atoms with Crippen molar-refractivity contribution < 1.29 is 28.6 Å². The largest absolute Gasteiger partial charge is 0.462 e. The first-order valence-electron chi connectivity index (χ1n) is 33.9. The van der Waals surface area contributed by atoms with Crippen LogP contribution in [-0.2, 0) is 28.6 Å². The van der Waals surface area contributed by atoms with Crippen LogP contribution in [0.4, 0.5) is 0 Å². The number of carbonyl (C=O) groups excluding carboxylic acids is 3. The summed E-state index contributed by atoms with van der Waals surface area (Å²) in [4.78, 5) is 38.2. The molecule has 6 nitrogen and oxygen atoms in total. The summed E-state index contributed by atoms with van der Waals surface area (Å²) in [5.41, 5.74) is 0. The third-order valence-corrected chi connectivity index (χ3v) is 14.5. The minimum absolute atomic E-state index is 0.109. The normalized spacial score (nSPS) is 12.8. The molecule has 0 radical (unpaired) electrons. The van der Waals surface area contributed by atoms with Crippen molar-refractivity contribution in [3.05, 3.63) is 109 Å². The molecule has 0 saturated carbocycles. The number of rotatable bonds is 61. The van der Waals surface area contributed by atoms with Crippen LogP contribution in [0.25, 0.3) is 0 Å². The fourth-order valence-corrected chi connectivity index (χ4v) is 9.44. The van der Waals surface area contributed by atoms with Crippen LogP contribution >= 0.6 is 0 Å². The molecule has 1 unspecified atom stereocenters. The predicted octanol–water partition coefficient (Wildman–Crippen LogP) is 23.4. The number of hydrogen-bond donors (Lipinski definition) is 0. The molecule has 0 aliphatic carbocycles. The van der Waals surface area contributed by atoms with Gasteiger partial charge in [0.2, 0.25) is 0 Å². The third-order valence-electron chi connectivity index (χ3n) is 14.5. The highest BCUT2D eigenvalue weighted by molar-refractivity contribution is 5.71. The molecule has 0 saturated heterocycles. The van der Waals surface area contributed by atoms with E-state index in [4.69, 9.17) is 14.2 Å². The van der Waals surface area contributed by atoms with E-state index in [2.05, 4.69) is 124 Å². The monoisotopic (exact) mass is 1110 g/mol. The number of allylic oxidation sites excluding steroid dienone is 18. The molecule has 0 aromatic rings. The van der Waals surface area contributed by atoms with Crippen molar-refractivity contribution in [1.82, 2.24) is 0 Å². The van der Waals surface area contributed by atoms with Gasteiger partial charge in [-0.25, -0.2) is 0 Å². The van der Waals surface area contributed by atoms with Gasteiger partial charge in [-0.05, 0) is 109 Å². The van der Waals surface area contributed by atoms with E-state index in [0.717, 1.165) is 103 Å². The number of ether oxygens (including phenoxy) is 3. The molecule has 0 fully saturated rings. The highest BCUT2D eigenvalue weighted by atomic mass is 16.6. The van der Waals surface area contributed by atoms with Crippen LogP contribution in [0.3, 0.4) is 0 Å². The number of hydrogen-bond acceptors (Lipinski definition) is 6. The van der Waals surface area contributed by atoms with Gasteiger partial charge in [0.1, 0.15) is 13.2 Å². The molecule has 0 bridgehead atoms. The summed E-state index contributed by atoms with van der Waals surface area (Å²) in [7, 11) is 0. The lowest BCUT2D eigenvalue weighted by atomic mass is 10.0. The fraction of sp³-hybridized carbons (Fsp3) is 0.716. The topological polar surface area (TPSA) is 78.9 Å². The van der Waals surface area contributed by atoms with Crippen LogP contribution in [-0.4, -0.2) is 37.2 Å². The Hall–Kier alpha value is -3.93. The highest BCUT2D eigenvalue weighted by Gasteiger charge is 2.19. The van der Waals surface area contributed by atoms with E-state index in [1.165, 1.54) is 173 Å². The van der Waals surface area contributed by atoms with Crippen molar-refractivity contribution in [1.29, 1.82) is 0 Å². The van der Waals surface area contributed by atoms with Crippen LogP contribution in [0.15, 0.2) is 109 Å². The molecule has 0 spiro atoms. The van der Waals surface area contributed by atoms with E-state index < -0.39 is 12.1 Å². The Bertz CT molecular complexity index is 1610. The van der Waals surface area contributed by atoms with Gasteiger partial charge in [0.25, 0.3) is 0 Å². The number of esters is 3. The lowest BCUT2D eigenvalue weighted by Crippen LogP contribution is -2.30. The maximum Gasteiger partial charge on any atom is 0.306 e. The van der Waals surface area contributed by atoms with E-state index in [1.54, 1.807) is 0 Å². The Labute approximate surface area is 495 Å². The zero-order valence-electron chi connectivity index (χ0n) is 52.6. The van der Waals surface area contributed by atoms with Gasteiger partial charge in [-0.3, -0.25) is 14.4 Å². The fourth-order valence-electron chi connectivity index (χ4n) is 9.44. The molecule has 0 aliphatic rings. The maximum absolute atomic E-state index is 12.8. The summed E-state index contributed by atoms with van der Waals surface area (Å²) in [5, 5.41) is 0. The van der Waals surface area contributed by atoms with Gasteiger partial charge in [0.05, 0.1) is 0 Å². The Balaban J connectivity index is 4.17. The van der Waals surface area contributed by atoms with Crippen molar-refractivity contribution in [2.24, 2.45) is 0 Å². The van der Waals surface area contributed by atoms with E-state index in [0.29, 0.717) is 19.3 Å². The Morgan fingerprint density at radius 2 is 0.537 bits per heavy atom. The van der Waals surface area contributed by atoms with Crippen molar-refractivity contribution >= 4 is 17.9 Å². The van der Waals surface area contributed by atoms with Gasteiger partial charge in [-0.2, -0.15) is 0 Å².